The smallest absolute Gasteiger partial charge is 0.162 e. The molecule has 0 bridgehead atoms. The minimum absolute atomic E-state index is 0.00650. The van der Waals surface area contributed by atoms with E-state index in [0.29, 0.717) is 25.1 Å². The molecule has 1 aromatic carbocycles. The Labute approximate surface area is 114 Å². The summed E-state index contributed by atoms with van der Waals surface area (Å²) in [5, 5.41) is 11.1. The molecule has 2 rings (SSSR count). The third-order valence-electron chi connectivity index (χ3n) is 3.25. The van der Waals surface area contributed by atoms with Crippen LogP contribution in [0.1, 0.15) is 31.7 Å². The summed E-state index contributed by atoms with van der Waals surface area (Å²) in [6.07, 6.45) is 1.73. The third-order valence-corrected chi connectivity index (χ3v) is 3.25. The average Bonchev–Trinajstić information content (AvgIpc) is 2.84. The second-order valence-electron chi connectivity index (χ2n) is 4.95. The lowest BCUT2D eigenvalue weighted by molar-refractivity contribution is 0.376. The molecule has 108 valence electrons. The molecule has 7 heteroatoms. The van der Waals surface area contributed by atoms with E-state index in [4.69, 9.17) is 0 Å². The predicted octanol–water partition coefficient (Wildman–Crippen LogP) is 2.92. The molecule has 0 fully saturated rings. The number of nitrogens with zero attached hydrogens (tertiary/aromatic N) is 4. The van der Waals surface area contributed by atoms with E-state index in [1.54, 1.807) is 0 Å². The number of hydrogen-bond donors (Lipinski definition) is 0. The van der Waals surface area contributed by atoms with Crippen LogP contribution in [0.5, 0.6) is 0 Å². The SMILES string of the molecule is CC(C)C(CCn1ncnn1)c1c(F)cc(F)cc1F. The number of benzene rings is 1. The molecule has 0 aliphatic rings. The molecule has 0 aliphatic carbocycles. The van der Waals surface area contributed by atoms with E-state index in [1.807, 2.05) is 13.8 Å². The lowest BCUT2D eigenvalue weighted by Crippen LogP contribution is -2.15. The van der Waals surface area contributed by atoms with Crippen molar-refractivity contribution in [3.8, 4) is 0 Å². The zero-order valence-electron chi connectivity index (χ0n) is 11.2. The van der Waals surface area contributed by atoms with E-state index in [9.17, 15) is 13.2 Å². The number of rotatable bonds is 5. The maximum absolute atomic E-state index is 13.9. The van der Waals surface area contributed by atoms with Crippen LogP contribution in [0, 0.1) is 23.4 Å². The van der Waals surface area contributed by atoms with Crippen molar-refractivity contribution in [2.75, 3.05) is 0 Å². The van der Waals surface area contributed by atoms with Gasteiger partial charge in [0.05, 0.1) is 6.54 Å². The molecule has 1 aromatic heterocycles. The fourth-order valence-corrected chi connectivity index (χ4v) is 2.26. The van der Waals surface area contributed by atoms with Crippen molar-refractivity contribution in [3.05, 3.63) is 41.5 Å². The van der Waals surface area contributed by atoms with Crippen molar-refractivity contribution < 1.29 is 13.2 Å². The van der Waals surface area contributed by atoms with Gasteiger partial charge in [-0.1, -0.05) is 13.8 Å². The van der Waals surface area contributed by atoms with Crippen LogP contribution in [-0.2, 0) is 6.54 Å². The summed E-state index contributed by atoms with van der Waals surface area (Å²) in [5.41, 5.74) is -0.0819. The van der Waals surface area contributed by atoms with Crippen LogP contribution in [0.3, 0.4) is 0 Å². The van der Waals surface area contributed by atoms with Crippen LogP contribution >= 0.6 is 0 Å². The molecule has 20 heavy (non-hydrogen) atoms. The Morgan fingerprint density at radius 2 is 1.80 bits per heavy atom. The summed E-state index contributed by atoms with van der Waals surface area (Å²) in [6, 6.07) is 1.42. The van der Waals surface area contributed by atoms with Crippen LogP contribution in [0.25, 0.3) is 0 Å². The summed E-state index contributed by atoms with van der Waals surface area (Å²) >= 11 is 0. The van der Waals surface area contributed by atoms with Crippen LogP contribution in [0.15, 0.2) is 18.5 Å². The van der Waals surface area contributed by atoms with Crippen molar-refractivity contribution in [2.24, 2.45) is 5.92 Å². The van der Waals surface area contributed by atoms with Gasteiger partial charge in [-0.15, -0.1) is 10.2 Å². The van der Waals surface area contributed by atoms with E-state index in [2.05, 4.69) is 15.4 Å². The van der Waals surface area contributed by atoms with Gasteiger partial charge in [0.2, 0.25) is 0 Å². The summed E-state index contributed by atoms with van der Waals surface area (Å²) < 4.78 is 40.7. The number of tetrazole rings is 1. The van der Waals surface area contributed by atoms with Gasteiger partial charge < -0.3 is 0 Å². The molecule has 0 aliphatic heterocycles. The topological polar surface area (TPSA) is 43.6 Å². The maximum Gasteiger partial charge on any atom is 0.162 e. The molecular formula is C13H15F3N4. The van der Waals surface area contributed by atoms with Gasteiger partial charge in [-0.25, -0.2) is 13.2 Å². The van der Waals surface area contributed by atoms with E-state index in [0.717, 1.165) is 0 Å². The summed E-state index contributed by atoms with van der Waals surface area (Å²) in [5.74, 6) is -3.01. The Kier molecular flexibility index (Phi) is 4.36. The van der Waals surface area contributed by atoms with E-state index < -0.39 is 17.5 Å². The highest BCUT2D eigenvalue weighted by Crippen LogP contribution is 2.32. The fourth-order valence-electron chi connectivity index (χ4n) is 2.26. The van der Waals surface area contributed by atoms with Gasteiger partial charge in [0.25, 0.3) is 0 Å². The van der Waals surface area contributed by atoms with Crippen LogP contribution < -0.4 is 0 Å². The molecule has 4 nitrogen and oxygen atoms in total. The Morgan fingerprint density at radius 1 is 1.15 bits per heavy atom. The molecule has 0 saturated carbocycles. The number of halogens is 3. The Morgan fingerprint density at radius 3 is 2.30 bits per heavy atom. The molecule has 0 saturated heterocycles. The summed E-state index contributed by atoms with van der Waals surface area (Å²) in [7, 11) is 0. The average molecular weight is 284 g/mol. The van der Waals surface area contributed by atoms with Gasteiger partial charge in [0.15, 0.2) is 6.33 Å². The minimum Gasteiger partial charge on any atom is -0.207 e. The molecule has 2 aromatic rings. The second-order valence-corrected chi connectivity index (χ2v) is 4.95. The first-order chi connectivity index (χ1) is 9.49. The Bertz CT molecular complexity index is 546. The van der Waals surface area contributed by atoms with E-state index in [-0.39, 0.29) is 17.4 Å². The van der Waals surface area contributed by atoms with Crippen LogP contribution in [0.4, 0.5) is 13.2 Å². The van der Waals surface area contributed by atoms with E-state index in [1.165, 1.54) is 11.1 Å². The minimum atomic E-state index is -0.913. The molecule has 1 heterocycles. The largest absolute Gasteiger partial charge is 0.207 e. The zero-order valence-corrected chi connectivity index (χ0v) is 11.2. The van der Waals surface area contributed by atoms with Gasteiger partial charge in [0.1, 0.15) is 17.5 Å². The monoisotopic (exact) mass is 284 g/mol. The predicted molar refractivity (Wildman–Crippen MR) is 66.3 cm³/mol. The van der Waals surface area contributed by atoms with Crippen molar-refractivity contribution in [2.45, 2.75) is 32.7 Å². The third kappa shape index (κ3) is 3.15. The second kappa shape index (κ2) is 6.02. The number of aryl methyl sites for hydroxylation is 1. The van der Waals surface area contributed by atoms with Gasteiger partial charge in [-0.3, -0.25) is 0 Å². The van der Waals surface area contributed by atoms with Crippen LogP contribution in [-0.4, -0.2) is 20.2 Å². The van der Waals surface area contributed by atoms with Crippen molar-refractivity contribution >= 4 is 0 Å². The first-order valence-electron chi connectivity index (χ1n) is 6.34. The van der Waals surface area contributed by atoms with Gasteiger partial charge in [0, 0.05) is 17.7 Å². The summed E-state index contributed by atoms with van der Waals surface area (Å²) in [6.45, 7) is 4.11. The normalized spacial score (nSPS) is 12.9. The molecule has 0 radical (unpaired) electrons. The van der Waals surface area contributed by atoms with E-state index >= 15 is 0 Å². The van der Waals surface area contributed by atoms with Crippen LogP contribution in [0.2, 0.25) is 0 Å². The Hall–Kier alpha value is -1.92. The lowest BCUT2D eigenvalue weighted by Gasteiger charge is -2.22. The lowest BCUT2D eigenvalue weighted by atomic mass is 9.85. The van der Waals surface area contributed by atoms with Gasteiger partial charge in [-0.2, -0.15) is 4.80 Å². The van der Waals surface area contributed by atoms with Crippen molar-refractivity contribution in [3.63, 3.8) is 0 Å². The summed E-state index contributed by atoms with van der Waals surface area (Å²) in [4.78, 5) is 1.36. The molecule has 1 unspecified atom stereocenters. The number of hydrogen-bond acceptors (Lipinski definition) is 3. The Balaban J connectivity index is 2.24. The molecule has 1 atom stereocenters. The quantitative estimate of drug-likeness (QED) is 0.848. The molecule has 0 spiro atoms. The first kappa shape index (κ1) is 14.5. The van der Waals surface area contributed by atoms with Gasteiger partial charge in [-0.05, 0) is 23.5 Å². The van der Waals surface area contributed by atoms with Gasteiger partial charge >= 0.3 is 0 Å². The number of aromatic nitrogens is 4. The molecule has 0 N–H and O–H groups in total. The molecular weight excluding hydrogens is 269 g/mol. The molecule has 0 amide bonds. The fraction of sp³-hybridized carbons (Fsp3) is 0.462. The standard InChI is InChI=1S/C13H15F3N4/c1-8(2)10(3-4-20-18-7-17-19-20)13-11(15)5-9(14)6-12(13)16/h5-8,10H,3-4H2,1-2H3. The van der Waals surface area contributed by atoms with Crippen molar-refractivity contribution in [1.29, 1.82) is 0 Å². The van der Waals surface area contributed by atoms with Crippen molar-refractivity contribution in [1.82, 2.24) is 20.2 Å². The maximum atomic E-state index is 13.9. The highest BCUT2D eigenvalue weighted by atomic mass is 19.1. The first-order valence-corrected chi connectivity index (χ1v) is 6.34. The zero-order chi connectivity index (χ0) is 14.7. The highest BCUT2D eigenvalue weighted by molar-refractivity contribution is 5.25. The highest BCUT2D eigenvalue weighted by Gasteiger charge is 2.24.